The lowest BCUT2D eigenvalue weighted by molar-refractivity contribution is -0.153. The third-order valence-electron chi connectivity index (χ3n) is 6.70. The van der Waals surface area contributed by atoms with Crippen LogP contribution in [0.3, 0.4) is 0 Å². The van der Waals surface area contributed by atoms with Gasteiger partial charge in [-0.2, -0.15) is 0 Å². The van der Waals surface area contributed by atoms with E-state index in [9.17, 15) is 34.8 Å². The number of halogens is 2. The summed E-state index contributed by atoms with van der Waals surface area (Å²) in [7, 11) is 3.09. The molecule has 4 atom stereocenters. The third kappa shape index (κ3) is 3.22. The summed E-state index contributed by atoms with van der Waals surface area (Å²) in [6.45, 7) is 0. The molecule has 0 spiro atoms. The van der Waals surface area contributed by atoms with Crippen molar-refractivity contribution in [2.75, 3.05) is 19.8 Å². The van der Waals surface area contributed by atoms with Gasteiger partial charge in [-0.3, -0.25) is 19.3 Å². The van der Waals surface area contributed by atoms with Crippen molar-refractivity contribution in [1.82, 2.24) is 4.90 Å². The minimum atomic E-state index is -2.65. The maximum atomic E-state index is 13.6. The number of ketones is 2. The molecule has 0 radical (unpaired) electrons. The number of fused-ring (bicyclic) bond motifs is 3. The molecule has 1 fully saturated rings. The Morgan fingerprint density at radius 3 is 2.39 bits per heavy atom. The molecule has 0 aromatic heterocycles. The van der Waals surface area contributed by atoms with Crippen molar-refractivity contribution in [2.24, 2.45) is 17.6 Å². The lowest BCUT2D eigenvalue weighted by atomic mass is 9.57. The van der Waals surface area contributed by atoms with Gasteiger partial charge in [0.05, 0.1) is 17.3 Å². The van der Waals surface area contributed by atoms with Crippen LogP contribution in [0, 0.1) is 11.8 Å². The van der Waals surface area contributed by atoms with Gasteiger partial charge in [-0.05, 0) is 60.4 Å². The van der Waals surface area contributed by atoms with E-state index in [4.69, 9.17) is 11.5 Å². The van der Waals surface area contributed by atoms with Gasteiger partial charge in [0.15, 0.2) is 17.1 Å². The van der Waals surface area contributed by atoms with Gasteiger partial charge in [-0.1, -0.05) is 0 Å². The van der Waals surface area contributed by atoms with E-state index in [0.717, 1.165) is 0 Å². The van der Waals surface area contributed by atoms with E-state index in [2.05, 4.69) is 15.9 Å². The van der Waals surface area contributed by atoms with Crippen LogP contribution in [0.25, 0.3) is 5.76 Å². The van der Waals surface area contributed by atoms with Crippen LogP contribution >= 0.6 is 32.9 Å². The predicted octanol–water partition coefficient (Wildman–Crippen LogP) is 0.887. The second-order valence-electron chi connectivity index (χ2n) is 8.62. The molecule has 1 saturated carbocycles. The van der Waals surface area contributed by atoms with Crippen LogP contribution in [0.5, 0.6) is 5.75 Å². The van der Waals surface area contributed by atoms with Gasteiger partial charge in [0.25, 0.3) is 5.91 Å². The van der Waals surface area contributed by atoms with E-state index < -0.39 is 63.8 Å². The van der Waals surface area contributed by atoms with E-state index >= 15 is 0 Å². The zero-order valence-corrected chi connectivity index (χ0v) is 20.9. The number of hydrogen-bond acceptors (Lipinski definition) is 9. The number of carbonyl (C=O) groups is 3. The number of aliphatic hydroxyl groups excluding tert-OH is 2. The molecule has 10 nitrogen and oxygen atoms in total. The van der Waals surface area contributed by atoms with E-state index in [-0.39, 0.29) is 46.6 Å². The quantitative estimate of drug-likeness (QED) is 0.166. The van der Waals surface area contributed by atoms with Crippen molar-refractivity contribution >= 4 is 61.8 Å². The highest BCUT2D eigenvalue weighted by Crippen LogP contribution is 2.53. The first-order valence-electron chi connectivity index (χ1n) is 9.78. The number of phenols is 1. The zero-order valence-electron chi connectivity index (χ0n) is 17.6. The second-order valence-corrected chi connectivity index (χ2v) is 9.47. The SMILES string of the molecule is Br.CN(C)[C@@H]1C(=O)C(C(N)=O)=C(O)[C@@]2(O)C(=O)C3=C(O)c4c(cc(Br)c(N)c4O)CC3CC12. The molecule has 4 rings (SSSR count). The number of nitrogens with zero attached hydrogens (tertiary/aromatic N) is 1. The standard InChI is InChI=1S/C21H22BrN3O7.BrH/c1-25(2)14-8-4-6-3-7-5-9(22)13(23)16(27)10(7)15(26)11(6)18(29)21(8,32)19(30)12(17(14)28)20(24)31;/h5-6,8,14,26-27,30,32H,3-4,23H2,1-2H3,(H2,24,31);1H/t6?,8?,14-,21-;/m0./s1. The van der Waals surface area contributed by atoms with Crippen molar-refractivity contribution in [2.45, 2.75) is 24.5 Å². The topological polar surface area (TPSA) is 187 Å². The average Bonchev–Trinajstić information content (AvgIpc) is 2.68. The first-order chi connectivity index (χ1) is 14.8. The third-order valence-corrected chi connectivity index (χ3v) is 7.36. The first kappa shape index (κ1) is 25.2. The molecular formula is C21H23Br2N3O7. The Labute approximate surface area is 207 Å². The number of hydrogen-bond donors (Lipinski definition) is 6. The molecule has 1 aromatic rings. The van der Waals surface area contributed by atoms with Gasteiger partial charge in [0, 0.05) is 16.0 Å². The largest absolute Gasteiger partial charge is 0.508 e. The summed E-state index contributed by atoms with van der Waals surface area (Å²) < 4.78 is 0.411. The van der Waals surface area contributed by atoms with Crippen molar-refractivity contribution in [1.29, 1.82) is 0 Å². The van der Waals surface area contributed by atoms with Gasteiger partial charge in [0.2, 0.25) is 5.78 Å². The number of aliphatic hydroxyl groups is 3. The normalized spacial score (nSPS) is 28.8. The van der Waals surface area contributed by atoms with Crippen LogP contribution in [0.2, 0.25) is 0 Å². The van der Waals surface area contributed by atoms with Gasteiger partial charge in [-0.15, -0.1) is 17.0 Å². The number of likely N-dealkylation sites (N-methyl/N-ethyl adjacent to an activating group) is 1. The van der Waals surface area contributed by atoms with Gasteiger partial charge < -0.3 is 31.9 Å². The predicted molar refractivity (Wildman–Crippen MR) is 127 cm³/mol. The van der Waals surface area contributed by atoms with Crippen LogP contribution in [0.1, 0.15) is 17.5 Å². The summed E-state index contributed by atoms with van der Waals surface area (Å²) in [5, 5.41) is 43.7. The minimum Gasteiger partial charge on any atom is -0.508 e. The molecule has 8 N–H and O–H groups in total. The fourth-order valence-electron chi connectivity index (χ4n) is 5.28. The van der Waals surface area contributed by atoms with Crippen molar-refractivity contribution < 1.29 is 34.8 Å². The lowest BCUT2D eigenvalue weighted by Crippen LogP contribution is -2.65. The van der Waals surface area contributed by atoms with Crippen LogP contribution in [0.15, 0.2) is 27.4 Å². The summed E-state index contributed by atoms with van der Waals surface area (Å²) >= 11 is 3.25. The Hall–Kier alpha value is -2.41. The molecule has 1 amide bonds. The maximum absolute atomic E-state index is 13.6. The molecule has 3 aliphatic rings. The van der Waals surface area contributed by atoms with E-state index in [0.29, 0.717) is 10.0 Å². The summed E-state index contributed by atoms with van der Waals surface area (Å²) in [6.07, 6.45) is 0.246. The molecule has 0 bridgehead atoms. The van der Waals surface area contributed by atoms with Crippen molar-refractivity contribution in [3.05, 3.63) is 38.6 Å². The summed E-state index contributed by atoms with van der Waals surface area (Å²) in [5.74, 6) is -6.96. The van der Waals surface area contributed by atoms with Gasteiger partial charge in [0.1, 0.15) is 17.1 Å². The Morgan fingerprint density at radius 1 is 1.24 bits per heavy atom. The molecule has 0 heterocycles. The summed E-state index contributed by atoms with van der Waals surface area (Å²) in [4.78, 5) is 39.9. The molecule has 1 aromatic carbocycles. The van der Waals surface area contributed by atoms with Gasteiger partial charge >= 0.3 is 0 Å². The first-order valence-corrected chi connectivity index (χ1v) is 10.6. The summed E-state index contributed by atoms with van der Waals surface area (Å²) in [5.41, 5.74) is 7.85. The molecule has 0 aliphatic heterocycles. The van der Waals surface area contributed by atoms with E-state index in [1.54, 1.807) is 20.2 Å². The van der Waals surface area contributed by atoms with Gasteiger partial charge in [-0.25, -0.2) is 0 Å². The molecule has 33 heavy (non-hydrogen) atoms. The summed E-state index contributed by atoms with van der Waals surface area (Å²) in [6, 6.07) is 0.514. The average molecular weight is 589 g/mol. The van der Waals surface area contributed by atoms with Crippen LogP contribution in [-0.4, -0.2) is 68.5 Å². The molecule has 2 unspecified atom stereocenters. The number of primary amides is 1. The Bertz CT molecular complexity index is 1180. The number of amides is 1. The Kier molecular flexibility index (Phi) is 6.20. The van der Waals surface area contributed by atoms with E-state index in [1.807, 2.05) is 0 Å². The fourth-order valence-corrected chi connectivity index (χ4v) is 5.74. The maximum Gasteiger partial charge on any atom is 0.255 e. The number of rotatable bonds is 2. The number of carbonyl (C=O) groups excluding carboxylic acids is 3. The number of Topliss-reactive ketones (excluding diaryl/α,β-unsaturated/α-hetero) is 2. The second kappa shape index (κ2) is 8.12. The zero-order chi connectivity index (χ0) is 23.9. The van der Waals surface area contributed by atoms with Crippen LogP contribution in [-0.2, 0) is 20.8 Å². The van der Waals surface area contributed by atoms with Crippen LogP contribution < -0.4 is 11.5 Å². The monoisotopic (exact) mass is 587 g/mol. The number of aromatic hydroxyl groups is 1. The lowest BCUT2D eigenvalue weighted by Gasteiger charge is -2.50. The highest BCUT2D eigenvalue weighted by molar-refractivity contribution is 9.10. The highest BCUT2D eigenvalue weighted by Gasteiger charge is 2.64. The Morgan fingerprint density at radius 2 is 1.85 bits per heavy atom. The smallest absolute Gasteiger partial charge is 0.255 e. The molecule has 0 saturated heterocycles. The number of phenolic OH excluding ortho intramolecular Hbond substituents is 1. The van der Waals surface area contributed by atoms with Crippen LogP contribution in [0.4, 0.5) is 5.69 Å². The minimum absolute atomic E-state index is 0. The van der Waals surface area contributed by atoms with Crippen molar-refractivity contribution in [3.8, 4) is 5.75 Å². The molecule has 178 valence electrons. The molecule has 3 aliphatic carbocycles. The number of nitrogens with two attached hydrogens (primary N) is 2. The number of nitrogen functional groups attached to an aromatic ring is 1. The van der Waals surface area contributed by atoms with E-state index in [1.165, 1.54) is 4.90 Å². The Balaban J connectivity index is 0.00000306. The number of benzene rings is 1. The highest BCUT2D eigenvalue weighted by atomic mass is 79.9. The fraction of sp³-hybridized carbons (Fsp3) is 0.381. The number of anilines is 1. The molecule has 12 heteroatoms. The van der Waals surface area contributed by atoms with Crippen molar-refractivity contribution in [3.63, 3.8) is 0 Å². The molecular weight excluding hydrogens is 566 g/mol.